The van der Waals surface area contributed by atoms with Gasteiger partial charge in [0.25, 0.3) is 11.8 Å². The molecule has 1 aromatic heterocycles. The predicted octanol–water partition coefficient (Wildman–Crippen LogP) is 1.59. The fraction of sp³-hybridized carbons (Fsp3) is 0.435. The lowest BCUT2D eigenvalue weighted by Crippen LogP contribution is -2.43. The van der Waals surface area contributed by atoms with Crippen LogP contribution in [0.2, 0.25) is 0 Å². The highest BCUT2D eigenvalue weighted by atomic mass is 16.5. The average Bonchev–Trinajstić information content (AvgIpc) is 3.30. The highest BCUT2D eigenvalue weighted by molar-refractivity contribution is 5.91. The zero-order valence-corrected chi connectivity index (χ0v) is 17.6. The van der Waals surface area contributed by atoms with Crippen LogP contribution in [0.1, 0.15) is 55.6 Å². The smallest absolute Gasteiger partial charge is 0.268 e. The second-order valence-corrected chi connectivity index (χ2v) is 8.44. The van der Waals surface area contributed by atoms with E-state index in [2.05, 4.69) is 22.1 Å². The highest BCUT2D eigenvalue weighted by Crippen LogP contribution is 2.35. The molecule has 1 atom stereocenters. The molecule has 0 spiro atoms. The Kier molecular flexibility index (Phi) is 5.46. The number of carbonyl (C=O) groups is 2. The molecule has 2 heterocycles. The van der Waals surface area contributed by atoms with E-state index in [1.54, 1.807) is 22.8 Å². The summed E-state index contributed by atoms with van der Waals surface area (Å²) in [6.07, 6.45) is 4.02. The van der Waals surface area contributed by atoms with Crippen LogP contribution in [-0.4, -0.2) is 44.2 Å². The van der Waals surface area contributed by atoms with E-state index in [1.807, 2.05) is 13.8 Å². The molecule has 8 heteroatoms. The Morgan fingerprint density at radius 1 is 1.35 bits per heavy atom. The number of rotatable bonds is 3. The van der Waals surface area contributed by atoms with Gasteiger partial charge in [0.05, 0.1) is 12.1 Å². The Labute approximate surface area is 180 Å². The Morgan fingerprint density at radius 2 is 2.10 bits per heavy atom. The van der Waals surface area contributed by atoms with Crippen LogP contribution in [0.4, 0.5) is 0 Å². The fourth-order valence-electron chi connectivity index (χ4n) is 3.93. The monoisotopic (exact) mass is 422 g/mol. The van der Waals surface area contributed by atoms with Gasteiger partial charge >= 0.3 is 0 Å². The Hall–Kier alpha value is -3.31. The predicted molar refractivity (Wildman–Crippen MR) is 114 cm³/mol. The van der Waals surface area contributed by atoms with Crippen LogP contribution in [0.5, 0.6) is 5.75 Å². The molecule has 2 amide bonds. The van der Waals surface area contributed by atoms with Crippen molar-refractivity contribution in [1.29, 1.82) is 0 Å². The zero-order valence-electron chi connectivity index (χ0n) is 17.6. The van der Waals surface area contributed by atoms with Crippen LogP contribution >= 0.6 is 0 Å². The maximum Gasteiger partial charge on any atom is 0.268 e. The number of amides is 2. The standard InChI is InChI=1S/C23H26N4O4/c1-14(2)25-22(29)19-13-27-12-17(20(24)28)26-21(27)16-11-15(5-6-18(16)31-19)7-10-23(30)8-3-4-9-23/h5-6,11-12,14,19,30H,3-4,8-9,13H2,1-2H3,(H2,24,28)(H,25,29)/t19-/m0/s1. The molecule has 1 fully saturated rings. The fourth-order valence-corrected chi connectivity index (χ4v) is 3.93. The van der Waals surface area contributed by atoms with Crippen molar-refractivity contribution in [3.63, 3.8) is 0 Å². The van der Waals surface area contributed by atoms with Gasteiger partial charge in [0, 0.05) is 17.8 Å². The van der Waals surface area contributed by atoms with E-state index < -0.39 is 17.6 Å². The lowest BCUT2D eigenvalue weighted by atomic mass is 10.0. The number of fused-ring (bicyclic) bond motifs is 3. The number of carbonyl (C=O) groups excluding carboxylic acids is 2. The minimum atomic E-state index is -0.944. The van der Waals surface area contributed by atoms with Gasteiger partial charge in [-0.05, 0) is 57.7 Å². The summed E-state index contributed by atoms with van der Waals surface area (Å²) in [7, 11) is 0. The minimum absolute atomic E-state index is 0.0405. The average molecular weight is 422 g/mol. The van der Waals surface area contributed by atoms with Gasteiger partial charge in [0.15, 0.2) is 6.10 Å². The maximum absolute atomic E-state index is 12.7. The van der Waals surface area contributed by atoms with E-state index in [-0.39, 0.29) is 24.2 Å². The Morgan fingerprint density at radius 3 is 2.77 bits per heavy atom. The first-order chi connectivity index (χ1) is 14.7. The van der Waals surface area contributed by atoms with Crippen molar-refractivity contribution >= 4 is 11.8 Å². The molecule has 1 saturated carbocycles. The summed E-state index contributed by atoms with van der Waals surface area (Å²) in [5.41, 5.74) is 5.89. The number of hydrogen-bond donors (Lipinski definition) is 3. The normalized spacial score (nSPS) is 18.8. The van der Waals surface area contributed by atoms with E-state index in [4.69, 9.17) is 10.5 Å². The number of ether oxygens (including phenoxy) is 1. The van der Waals surface area contributed by atoms with Crippen LogP contribution in [0, 0.1) is 11.8 Å². The van der Waals surface area contributed by atoms with Gasteiger partial charge in [-0.1, -0.05) is 11.8 Å². The van der Waals surface area contributed by atoms with Crippen molar-refractivity contribution < 1.29 is 19.4 Å². The molecule has 31 heavy (non-hydrogen) atoms. The molecular weight excluding hydrogens is 396 g/mol. The second kappa shape index (κ2) is 8.08. The van der Waals surface area contributed by atoms with Gasteiger partial charge in [-0.25, -0.2) is 4.98 Å². The molecular formula is C23H26N4O4. The van der Waals surface area contributed by atoms with Crippen molar-refractivity contribution in [2.75, 3.05) is 0 Å². The largest absolute Gasteiger partial charge is 0.478 e. The van der Waals surface area contributed by atoms with Crippen LogP contribution in [-0.2, 0) is 11.3 Å². The SMILES string of the molecule is CC(C)NC(=O)[C@@H]1Cn2cc(C(N)=O)nc2-c2cc(C#CC3(O)CCCC3)ccc2O1. The summed E-state index contributed by atoms with van der Waals surface area (Å²) < 4.78 is 7.73. The third kappa shape index (κ3) is 4.42. The summed E-state index contributed by atoms with van der Waals surface area (Å²) in [4.78, 5) is 28.8. The van der Waals surface area contributed by atoms with Crippen LogP contribution in [0.3, 0.4) is 0 Å². The summed E-state index contributed by atoms with van der Waals surface area (Å²) in [5.74, 6) is 6.09. The molecule has 1 aliphatic heterocycles. The number of nitrogens with two attached hydrogens (primary N) is 1. The number of imidazole rings is 1. The van der Waals surface area contributed by atoms with E-state index in [9.17, 15) is 14.7 Å². The third-order valence-electron chi connectivity index (χ3n) is 5.47. The quantitative estimate of drug-likeness (QED) is 0.649. The number of primary amides is 1. The summed E-state index contributed by atoms with van der Waals surface area (Å²) in [6, 6.07) is 5.28. The second-order valence-electron chi connectivity index (χ2n) is 8.44. The van der Waals surface area contributed by atoms with Gasteiger partial charge in [0.1, 0.15) is 22.9 Å². The van der Waals surface area contributed by atoms with Crippen LogP contribution in [0.15, 0.2) is 24.4 Å². The number of benzene rings is 1. The zero-order chi connectivity index (χ0) is 22.2. The van der Waals surface area contributed by atoms with E-state index >= 15 is 0 Å². The van der Waals surface area contributed by atoms with Crippen molar-refractivity contribution in [2.45, 2.75) is 63.8 Å². The first-order valence-electron chi connectivity index (χ1n) is 10.5. The molecule has 0 saturated heterocycles. The topological polar surface area (TPSA) is 119 Å². The summed E-state index contributed by atoms with van der Waals surface area (Å²) >= 11 is 0. The van der Waals surface area contributed by atoms with Crippen molar-refractivity contribution in [3.05, 3.63) is 35.7 Å². The molecule has 2 aliphatic rings. The number of hydrogen-bond acceptors (Lipinski definition) is 5. The Balaban J connectivity index is 1.75. The summed E-state index contributed by atoms with van der Waals surface area (Å²) in [6.45, 7) is 3.93. The molecule has 1 aromatic carbocycles. The number of aliphatic hydroxyl groups is 1. The number of nitrogens with zero attached hydrogens (tertiary/aromatic N) is 2. The first kappa shape index (κ1) is 20.9. The van der Waals surface area contributed by atoms with Crippen molar-refractivity contribution in [1.82, 2.24) is 14.9 Å². The molecule has 4 rings (SSSR count). The van der Waals surface area contributed by atoms with E-state index in [1.165, 1.54) is 6.20 Å². The lowest BCUT2D eigenvalue weighted by Gasteiger charge is -2.19. The number of aromatic nitrogens is 2. The molecule has 162 valence electrons. The molecule has 1 aliphatic carbocycles. The van der Waals surface area contributed by atoms with Crippen molar-refractivity contribution in [3.8, 4) is 29.0 Å². The molecule has 0 unspecified atom stereocenters. The first-order valence-corrected chi connectivity index (χ1v) is 10.5. The van der Waals surface area contributed by atoms with Gasteiger partial charge in [-0.3, -0.25) is 9.59 Å². The molecule has 8 nitrogen and oxygen atoms in total. The van der Waals surface area contributed by atoms with Gasteiger partial charge in [-0.15, -0.1) is 0 Å². The van der Waals surface area contributed by atoms with Crippen molar-refractivity contribution in [2.24, 2.45) is 5.73 Å². The van der Waals surface area contributed by atoms with Gasteiger partial charge in [0.2, 0.25) is 0 Å². The maximum atomic E-state index is 12.7. The highest BCUT2D eigenvalue weighted by Gasteiger charge is 2.31. The Bertz CT molecular complexity index is 1090. The molecule has 0 bridgehead atoms. The molecule has 0 radical (unpaired) electrons. The van der Waals surface area contributed by atoms with E-state index in [0.717, 1.165) is 12.8 Å². The lowest BCUT2D eigenvalue weighted by molar-refractivity contribution is -0.129. The van der Waals surface area contributed by atoms with Crippen LogP contribution < -0.4 is 15.8 Å². The number of nitrogens with one attached hydrogen (secondary N) is 1. The summed E-state index contributed by atoms with van der Waals surface area (Å²) in [5, 5.41) is 13.4. The third-order valence-corrected chi connectivity index (χ3v) is 5.47. The molecule has 4 N–H and O–H groups in total. The van der Waals surface area contributed by atoms with Crippen LogP contribution in [0.25, 0.3) is 11.4 Å². The van der Waals surface area contributed by atoms with E-state index in [0.29, 0.717) is 35.5 Å². The van der Waals surface area contributed by atoms with Gasteiger partial charge < -0.3 is 25.5 Å². The minimum Gasteiger partial charge on any atom is -0.478 e. The molecule has 2 aromatic rings. The van der Waals surface area contributed by atoms with Gasteiger partial charge in [-0.2, -0.15) is 0 Å².